The van der Waals surface area contributed by atoms with Crippen molar-refractivity contribution in [2.75, 3.05) is 51.6 Å². The lowest BCUT2D eigenvalue weighted by Crippen LogP contribution is -2.61. The fraction of sp³-hybridized carbons (Fsp3) is 0.488. The third-order valence-corrected chi connectivity index (χ3v) is 10.6. The van der Waals surface area contributed by atoms with Crippen molar-refractivity contribution in [2.24, 2.45) is 11.8 Å². The van der Waals surface area contributed by atoms with Crippen LogP contribution in [-0.4, -0.2) is 106 Å². The molecule has 0 saturated carbocycles. The molecule has 2 aromatic heterocycles. The number of hydrogen-bond donors (Lipinski definition) is 3. The van der Waals surface area contributed by atoms with Gasteiger partial charge in [0.2, 0.25) is 11.7 Å². The van der Waals surface area contributed by atoms with Crippen LogP contribution in [0.5, 0.6) is 5.75 Å². The van der Waals surface area contributed by atoms with Gasteiger partial charge in [-0.1, -0.05) is 6.92 Å². The molecule has 4 heterocycles. The molecule has 2 aliphatic heterocycles. The molecule has 2 saturated heterocycles. The minimum Gasteiger partial charge on any atom is -0.444 e. The topological polar surface area (TPSA) is 139 Å². The number of likely N-dealkylation sites (tertiary alicyclic amines) is 2. The van der Waals surface area contributed by atoms with Crippen LogP contribution in [0.1, 0.15) is 63.4 Å². The SMILES string of the molecule is CCc1cc(Nc2nccn3c(-c4ccc(OC(F)F)c(F)c4F)cnc23)ccc1C(=O)N[C@@H](C)CNC(=O)C1CC[N+](C)(CC2CN(C(=O)OC(C)(C)C)C2)CC1. The zero-order chi connectivity index (χ0) is 41.9. The molecule has 13 nitrogen and oxygen atoms in total. The van der Waals surface area contributed by atoms with E-state index >= 15 is 0 Å². The van der Waals surface area contributed by atoms with E-state index in [1.165, 1.54) is 23.0 Å². The van der Waals surface area contributed by atoms with Gasteiger partial charge in [-0.05, 0) is 70.0 Å². The highest BCUT2D eigenvalue weighted by Crippen LogP contribution is 2.33. The normalized spacial score (nSPS) is 19.1. The number of benzene rings is 2. The number of aromatic nitrogens is 3. The molecule has 0 spiro atoms. The fourth-order valence-electron chi connectivity index (χ4n) is 7.62. The van der Waals surface area contributed by atoms with Gasteiger partial charge in [0.25, 0.3) is 5.91 Å². The molecule has 3 N–H and O–H groups in total. The van der Waals surface area contributed by atoms with Gasteiger partial charge >= 0.3 is 12.7 Å². The first-order chi connectivity index (χ1) is 27.4. The molecular formula is C41H51F4N8O5+. The number of quaternary nitrogens is 1. The number of halogens is 4. The molecular weight excluding hydrogens is 760 g/mol. The maximum atomic E-state index is 15.0. The van der Waals surface area contributed by atoms with Crippen LogP contribution in [0.25, 0.3) is 16.9 Å². The minimum atomic E-state index is -3.31. The summed E-state index contributed by atoms with van der Waals surface area (Å²) in [5, 5.41) is 9.20. The van der Waals surface area contributed by atoms with E-state index in [0.717, 1.165) is 54.7 Å². The van der Waals surface area contributed by atoms with Gasteiger partial charge in [-0.3, -0.25) is 14.0 Å². The van der Waals surface area contributed by atoms with Crippen LogP contribution in [0.15, 0.2) is 48.9 Å². The molecule has 0 unspecified atom stereocenters. The Morgan fingerprint density at radius 2 is 1.76 bits per heavy atom. The van der Waals surface area contributed by atoms with Crippen LogP contribution in [0.4, 0.5) is 33.9 Å². The molecule has 0 radical (unpaired) electrons. The highest BCUT2D eigenvalue weighted by Gasteiger charge is 2.41. The van der Waals surface area contributed by atoms with Crippen molar-refractivity contribution in [3.05, 3.63) is 71.7 Å². The maximum absolute atomic E-state index is 15.0. The number of anilines is 2. The lowest BCUT2D eigenvalue weighted by molar-refractivity contribution is -0.918. The summed E-state index contributed by atoms with van der Waals surface area (Å²) in [6.45, 7) is 10.4. The molecule has 6 rings (SSSR count). The lowest BCUT2D eigenvalue weighted by Gasteiger charge is -2.47. The van der Waals surface area contributed by atoms with E-state index in [0.29, 0.717) is 42.5 Å². The predicted octanol–water partition coefficient (Wildman–Crippen LogP) is 6.54. The number of carbonyl (C=O) groups excluding carboxylic acids is 3. The Labute approximate surface area is 334 Å². The standard InChI is InChI=1S/C41H50F4N8O5/c1-7-26-18-28(50-35-36-47-20-31(52(36)15-14-46-35)30-10-11-32(57-39(44)45)34(43)33(30)42)8-9-29(26)38(55)49-24(2)19-48-37(54)27-12-16-53(6,17-13-27)23-25-21-51(22-25)40(56)58-41(3,4)5/h8-11,14-15,18,20,24-25,27,39H,7,12-13,16-17,19,21-23H2,1-6H3,(H2-,46,48,49,50,54,55)/p+1/t24-,27?,53?/m0/s1. The molecule has 58 heavy (non-hydrogen) atoms. The van der Waals surface area contributed by atoms with Gasteiger partial charge in [0, 0.05) is 79.6 Å². The van der Waals surface area contributed by atoms with Crippen molar-refractivity contribution < 1.29 is 45.9 Å². The zero-order valence-electron chi connectivity index (χ0n) is 33.6. The van der Waals surface area contributed by atoms with Crippen molar-refractivity contribution >= 4 is 35.1 Å². The number of amides is 3. The summed E-state index contributed by atoms with van der Waals surface area (Å²) in [4.78, 5) is 49.3. The predicted molar refractivity (Wildman–Crippen MR) is 209 cm³/mol. The second-order valence-corrected chi connectivity index (χ2v) is 16.5. The summed E-state index contributed by atoms with van der Waals surface area (Å²) in [7, 11) is 2.22. The molecule has 312 valence electrons. The molecule has 1 atom stereocenters. The number of rotatable bonds is 13. The van der Waals surface area contributed by atoms with E-state index in [1.807, 2.05) is 40.7 Å². The number of aryl methyl sites for hydroxylation is 1. The Hall–Kier alpha value is -5.45. The monoisotopic (exact) mass is 811 g/mol. The van der Waals surface area contributed by atoms with Crippen molar-refractivity contribution in [1.82, 2.24) is 29.9 Å². The highest BCUT2D eigenvalue weighted by atomic mass is 19.3. The fourth-order valence-corrected chi connectivity index (χ4v) is 7.62. The van der Waals surface area contributed by atoms with Crippen LogP contribution in [0, 0.1) is 23.5 Å². The summed E-state index contributed by atoms with van der Waals surface area (Å²) in [6.07, 6.45) is 6.06. The second-order valence-electron chi connectivity index (χ2n) is 16.5. The first-order valence-electron chi connectivity index (χ1n) is 19.5. The van der Waals surface area contributed by atoms with Crippen LogP contribution < -0.4 is 20.7 Å². The Balaban J connectivity index is 0.994. The van der Waals surface area contributed by atoms with Crippen molar-refractivity contribution in [3.63, 3.8) is 0 Å². The molecule has 4 aromatic rings. The largest absolute Gasteiger partial charge is 0.444 e. The number of imidazole rings is 1. The Morgan fingerprint density at radius 3 is 2.43 bits per heavy atom. The number of alkyl halides is 2. The summed E-state index contributed by atoms with van der Waals surface area (Å²) >= 11 is 0. The van der Waals surface area contributed by atoms with E-state index in [-0.39, 0.29) is 53.3 Å². The van der Waals surface area contributed by atoms with Crippen molar-refractivity contribution in [1.29, 1.82) is 0 Å². The van der Waals surface area contributed by atoms with Gasteiger partial charge in [-0.2, -0.15) is 13.2 Å². The number of piperidine rings is 1. The van der Waals surface area contributed by atoms with E-state index in [1.54, 1.807) is 17.0 Å². The third kappa shape index (κ3) is 9.80. The minimum absolute atomic E-state index is 0.0142. The van der Waals surface area contributed by atoms with Crippen molar-refractivity contribution in [2.45, 2.75) is 72.1 Å². The van der Waals surface area contributed by atoms with Crippen LogP contribution in [0.3, 0.4) is 0 Å². The molecule has 2 aliphatic rings. The van der Waals surface area contributed by atoms with Gasteiger partial charge < -0.3 is 34.8 Å². The smallest absolute Gasteiger partial charge is 0.410 e. The number of ether oxygens (including phenoxy) is 2. The average Bonchev–Trinajstić information content (AvgIpc) is 3.58. The first kappa shape index (κ1) is 42.2. The molecule has 0 bridgehead atoms. The zero-order valence-corrected chi connectivity index (χ0v) is 33.6. The number of carbonyl (C=O) groups is 3. The number of fused-ring (bicyclic) bond motifs is 1. The summed E-state index contributed by atoms with van der Waals surface area (Å²) in [5.41, 5.74) is 1.53. The first-order valence-corrected chi connectivity index (χ1v) is 19.5. The maximum Gasteiger partial charge on any atom is 0.410 e. The Bertz CT molecular complexity index is 2140. The van der Waals surface area contributed by atoms with Gasteiger partial charge in [0.05, 0.1) is 38.6 Å². The van der Waals surface area contributed by atoms with Crippen LogP contribution in [0.2, 0.25) is 0 Å². The van der Waals surface area contributed by atoms with Gasteiger partial charge in [-0.25, -0.2) is 19.2 Å². The quantitative estimate of drug-likeness (QED) is 0.102. The van der Waals surface area contributed by atoms with Crippen molar-refractivity contribution in [3.8, 4) is 17.0 Å². The van der Waals surface area contributed by atoms with Crippen LogP contribution in [-0.2, 0) is 16.0 Å². The summed E-state index contributed by atoms with van der Waals surface area (Å²) < 4.78 is 66.6. The Morgan fingerprint density at radius 1 is 1.03 bits per heavy atom. The van der Waals surface area contributed by atoms with E-state index in [2.05, 4.69) is 37.7 Å². The average molecular weight is 812 g/mol. The van der Waals surface area contributed by atoms with E-state index in [9.17, 15) is 31.9 Å². The third-order valence-electron chi connectivity index (χ3n) is 10.6. The number of nitrogens with one attached hydrogen (secondary N) is 3. The molecule has 3 amide bonds. The lowest BCUT2D eigenvalue weighted by atomic mass is 9.91. The molecule has 2 aromatic carbocycles. The summed E-state index contributed by atoms with van der Waals surface area (Å²) in [6, 6.07) is 6.93. The van der Waals surface area contributed by atoms with E-state index in [4.69, 9.17) is 4.74 Å². The van der Waals surface area contributed by atoms with Crippen LogP contribution >= 0.6 is 0 Å². The second kappa shape index (κ2) is 17.2. The molecule has 0 aliphatic carbocycles. The molecule has 17 heteroatoms. The van der Waals surface area contributed by atoms with Gasteiger partial charge in [-0.15, -0.1) is 0 Å². The summed E-state index contributed by atoms with van der Waals surface area (Å²) in [5.74, 6) is -3.51. The number of hydrogen-bond acceptors (Lipinski definition) is 8. The highest BCUT2D eigenvalue weighted by molar-refractivity contribution is 5.96. The number of nitrogens with zero attached hydrogens (tertiary/aromatic N) is 5. The van der Waals surface area contributed by atoms with Gasteiger partial charge in [0.1, 0.15) is 5.60 Å². The Kier molecular flexibility index (Phi) is 12.5. The van der Waals surface area contributed by atoms with E-state index < -0.39 is 29.6 Å². The van der Waals surface area contributed by atoms with Gasteiger partial charge in [0.15, 0.2) is 23.0 Å². The molecule has 2 fully saturated rings.